The van der Waals surface area contributed by atoms with Crippen molar-refractivity contribution in [3.05, 3.63) is 192 Å². The zero-order valence-electron chi connectivity index (χ0n) is 24.9. The van der Waals surface area contributed by atoms with Crippen molar-refractivity contribution in [2.24, 2.45) is 0 Å². The molecule has 9 rings (SSSR count). The van der Waals surface area contributed by atoms with E-state index in [1.165, 1.54) is 88.0 Å². The molecule has 0 unspecified atom stereocenters. The van der Waals surface area contributed by atoms with Crippen molar-refractivity contribution in [2.75, 3.05) is 0 Å². The Hall–Kier alpha value is -5.72. The van der Waals surface area contributed by atoms with Crippen LogP contribution in [-0.2, 0) is 6.42 Å². The summed E-state index contributed by atoms with van der Waals surface area (Å²) in [6, 6.07) is 60.1. The highest BCUT2D eigenvalue weighted by Gasteiger charge is 2.20. The first-order chi connectivity index (χ1) is 22.3. The monoisotopic (exact) mass is 570 g/mol. The molecule has 0 nitrogen and oxygen atoms in total. The predicted octanol–water partition coefficient (Wildman–Crippen LogP) is 12.0. The van der Waals surface area contributed by atoms with Crippen molar-refractivity contribution >= 4 is 44.0 Å². The summed E-state index contributed by atoms with van der Waals surface area (Å²) in [5.74, 6) is 0. The fourth-order valence-electron chi connectivity index (χ4n) is 7.39. The zero-order chi connectivity index (χ0) is 29.7. The van der Waals surface area contributed by atoms with Gasteiger partial charge in [0.1, 0.15) is 0 Å². The average molecular weight is 571 g/mol. The topological polar surface area (TPSA) is 0 Å². The smallest absolute Gasteiger partial charge is 0.00135 e. The molecule has 45 heavy (non-hydrogen) atoms. The lowest BCUT2D eigenvalue weighted by atomic mass is 9.81. The van der Waals surface area contributed by atoms with Gasteiger partial charge in [-0.05, 0) is 107 Å². The zero-order valence-corrected chi connectivity index (χ0v) is 24.9. The maximum atomic E-state index is 2.36. The van der Waals surface area contributed by atoms with Crippen LogP contribution in [0, 0.1) is 0 Å². The molecule has 1 aliphatic rings. The van der Waals surface area contributed by atoms with Crippen molar-refractivity contribution in [3.8, 4) is 22.3 Å². The lowest BCUT2D eigenvalue weighted by Gasteiger charge is -2.23. The third-order valence-electron chi connectivity index (χ3n) is 9.48. The van der Waals surface area contributed by atoms with Gasteiger partial charge in [-0.15, -0.1) is 0 Å². The first-order valence-electron chi connectivity index (χ1n) is 15.7. The van der Waals surface area contributed by atoms with Crippen molar-refractivity contribution in [1.82, 2.24) is 0 Å². The molecule has 0 N–H and O–H groups in total. The van der Waals surface area contributed by atoms with E-state index >= 15 is 0 Å². The molecule has 0 amide bonds. The Kier molecular flexibility index (Phi) is 5.99. The molecule has 0 saturated heterocycles. The largest absolute Gasteiger partial charge is 0.0619 e. The van der Waals surface area contributed by atoms with Crippen molar-refractivity contribution < 1.29 is 0 Å². The fourth-order valence-corrected chi connectivity index (χ4v) is 7.39. The van der Waals surface area contributed by atoms with Crippen LogP contribution in [0.1, 0.15) is 27.8 Å². The van der Waals surface area contributed by atoms with E-state index in [4.69, 9.17) is 0 Å². The molecular formula is C45H30. The van der Waals surface area contributed by atoms with Gasteiger partial charge in [0, 0.05) is 0 Å². The Morgan fingerprint density at radius 2 is 0.844 bits per heavy atom. The second-order valence-corrected chi connectivity index (χ2v) is 12.1. The van der Waals surface area contributed by atoms with E-state index in [0.717, 1.165) is 6.42 Å². The first kappa shape index (κ1) is 25.7. The Labute approximate surface area is 263 Å². The van der Waals surface area contributed by atoms with Crippen molar-refractivity contribution in [1.29, 1.82) is 0 Å². The Balaban J connectivity index is 1.21. The van der Waals surface area contributed by atoms with Crippen LogP contribution in [-0.4, -0.2) is 0 Å². The van der Waals surface area contributed by atoms with E-state index in [0.29, 0.717) is 0 Å². The second-order valence-electron chi connectivity index (χ2n) is 12.1. The number of hydrogen-bond acceptors (Lipinski definition) is 0. The van der Waals surface area contributed by atoms with Crippen LogP contribution in [0.15, 0.2) is 164 Å². The van der Waals surface area contributed by atoms with Crippen LogP contribution in [0.5, 0.6) is 0 Å². The van der Waals surface area contributed by atoms with Crippen molar-refractivity contribution in [2.45, 2.75) is 6.42 Å². The standard InChI is InChI=1S/C45H30/c1-2-12-33-28-36(26-25-31(33)11-1)45-41-19-9-7-17-39(41)44(40-18-8-10-20-42(40)45)32-23-21-30(22-24-32)27-43-37-15-5-3-13-34(37)29-35-14-4-6-16-38(35)43/h1-28H,29H2. The SMILES string of the molecule is C(=C1c2ccccc2Cc2ccccc21)c1ccc(-c2c3ccccc3c(-c3ccc4ccccc4c3)c3ccccc23)cc1. The fraction of sp³-hybridized carbons (Fsp3) is 0.0222. The normalized spacial score (nSPS) is 12.3. The maximum Gasteiger partial charge on any atom is -0.00135 e. The van der Waals surface area contributed by atoms with Crippen LogP contribution in [0.2, 0.25) is 0 Å². The maximum absolute atomic E-state index is 2.36. The van der Waals surface area contributed by atoms with E-state index in [-0.39, 0.29) is 0 Å². The molecule has 0 heteroatoms. The summed E-state index contributed by atoms with van der Waals surface area (Å²) in [7, 11) is 0. The summed E-state index contributed by atoms with van der Waals surface area (Å²) in [4.78, 5) is 0. The van der Waals surface area contributed by atoms with Gasteiger partial charge in [-0.1, -0.05) is 158 Å². The minimum atomic E-state index is 0.984. The average Bonchev–Trinajstić information content (AvgIpc) is 3.10. The Bertz CT molecular complexity index is 2330. The molecule has 8 aromatic carbocycles. The van der Waals surface area contributed by atoms with E-state index in [1.54, 1.807) is 0 Å². The third-order valence-corrected chi connectivity index (χ3v) is 9.48. The molecular weight excluding hydrogens is 540 g/mol. The highest BCUT2D eigenvalue weighted by atomic mass is 14.2. The third kappa shape index (κ3) is 4.30. The van der Waals surface area contributed by atoms with Gasteiger partial charge in [0.15, 0.2) is 0 Å². The molecule has 210 valence electrons. The van der Waals surface area contributed by atoms with Gasteiger partial charge in [0.25, 0.3) is 0 Å². The molecule has 0 radical (unpaired) electrons. The van der Waals surface area contributed by atoms with Crippen LogP contribution < -0.4 is 0 Å². The molecule has 1 aliphatic carbocycles. The van der Waals surface area contributed by atoms with Gasteiger partial charge in [-0.3, -0.25) is 0 Å². The van der Waals surface area contributed by atoms with Crippen LogP contribution in [0.4, 0.5) is 0 Å². The molecule has 0 heterocycles. The lowest BCUT2D eigenvalue weighted by Crippen LogP contribution is -2.06. The van der Waals surface area contributed by atoms with Crippen molar-refractivity contribution in [3.63, 3.8) is 0 Å². The summed E-state index contributed by atoms with van der Waals surface area (Å²) >= 11 is 0. The molecule has 0 spiro atoms. The summed E-state index contributed by atoms with van der Waals surface area (Å²) in [6.45, 7) is 0. The van der Waals surface area contributed by atoms with Gasteiger partial charge < -0.3 is 0 Å². The predicted molar refractivity (Wildman–Crippen MR) is 192 cm³/mol. The highest BCUT2D eigenvalue weighted by molar-refractivity contribution is 6.21. The summed E-state index contributed by atoms with van der Waals surface area (Å²) in [6.07, 6.45) is 3.34. The number of rotatable bonds is 3. The molecule has 0 bridgehead atoms. The number of hydrogen-bond donors (Lipinski definition) is 0. The quantitative estimate of drug-likeness (QED) is 0.185. The van der Waals surface area contributed by atoms with Crippen LogP contribution >= 0.6 is 0 Å². The first-order valence-corrected chi connectivity index (χ1v) is 15.7. The Morgan fingerprint density at radius 1 is 0.378 bits per heavy atom. The lowest BCUT2D eigenvalue weighted by molar-refractivity contribution is 1.14. The van der Waals surface area contributed by atoms with E-state index in [2.05, 4.69) is 170 Å². The van der Waals surface area contributed by atoms with E-state index < -0.39 is 0 Å². The van der Waals surface area contributed by atoms with Gasteiger partial charge in [-0.25, -0.2) is 0 Å². The molecule has 8 aromatic rings. The van der Waals surface area contributed by atoms with Gasteiger partial charge in [0.05, 0.1) is 0 Å². The molecule has 0 fully saturated rings. The number of benzene rings is 8. The number of fused-ring (bicyclic) bond motifs is 5. The van der Waals surface area contributed by atoms with Crippen LogP contribution in [0.25, 0.3) is 66.2 Å². The molecule has 0 aliphatic heterocycles. The summed E-state index contributed by atoms with van der Waals surface area (Å²) in [5, 5.41) is 7.65. The van der Waals surface area contributed by atoms with Gasteiger partial charge in [0.2, 0.25) is 0 Å². The van der Waals surface area contributed by atoms with E-state index in [9.17, 15) is 0 Å². The summed E-state index contributed by atoms with van der Waals surface area (Å²) in [5.41, 5.74) is 13.0. The van der Waals surface area contributed by atoms with Gasteiger partial charge >= 0.3 is 0 Å². The molecule has 0 saturated carbocycles. The minimum Gasteiger partial charge on any atom is -0.0619 e. The van der Waals surface area contributed by atoms with Gasteiger partial charge in [-0.2, -0.15) is 0 Å². The highest BCUT2D eigenvalue weighted by Crippen LogP contribution is 2.44. The molecule has 0 aromatic heterocycles. The minimum absolute atomic E-state index is 0.984. The van der Waals surface area contributed by atoms with E-state index in [1.807, 2.05) is 0 Å². The second kappa shape index (κ2) is 10.5. The van der Waals surface area contributed by atoms with Crippen LogP contribution in [0.3, 0.4) is 0 Å². The Morgan fingerprint density at radius 3 is 1.44 bits per heavy atom. The summed E-state index contributed by atoms with van der Waals surface area (Å²) < 4.78 is 0. The molecule has 0 atom stereocenters.